The number of methoxy groups -OCH3 is 1. The second-order valence-electron chi connectivity index (χ2n) is 4.11. The highest BCUT2D eigenvalue weighted by Crippen LogP contribution is 2.24. The Kier molecular flexibility index (Phi) is 3.18. The fraction of sp³-hybridized carbons (Fsp3) is 0.357. The van der Waals surface area contributed by atoms with Crippen molar-refractivity contribution in [1.82, 2.24) is 0 Å². The van der Waals surface area contributed by atoms with Gasteiger partial charge in [0.15, 0.2) is 0 Å². The molecule has 1 heterocycles. The maximum Gasteiger partial charge on any atom is 0.339 e. The zero-order chi connectivity index (χ0) is 12.4. The van der Waals surface area contributed by atoms with Gasteiger partial charge in [0.25, 0.3) is 0 Å². The molecule has 0 aliphatic heterocycles. The predicted molar refractivity (Wildman–Crippen MR) is 67.8 cm³/mol. The minimum atomic E-state index is -0.231. The fourth-order valence-electron chi connectivity index (χ4n) is 2.04. The first kappa shape index (κ1) is 11.7. The van der Waals surface area contributed by atoms with Gasteiger partial charge in [-0.25, -0.2) is 4.79 Å². The summed E-state index contributed by atoms with van der Waals surface area (Å²) < 4.78 is 10.5. The molecule has 17 heavy (non-hydrogen) atoms. The van der Waals surface area contributed by atoms with E-state index in [1.165, 1.54) is 0 Å². The summed E-state index contributed by atoms with van der Waals surface area (Å²) in [4.78, 5) is 11.8. The largest absolute Gasteiger partial charge is 0.497 e. The number of benzene rings is 1. The number of aryl methyl sites for hydroxylation is 1. The molecule has 3 nitrogen and oxygen atoms in total. The van der Waals surface area contributed by atoms with E-state index in [2.05, 4.69) is 6.92 Å². The SMILES string of the molecule is CCCc1c(C)c2ccc(OC)cc2oc1=O. The van der Waals surface area contributed by atoms with Crippen molar-refractivity contribution in [3.8, 4) is 5.75 Å². The molecule has 0 N–H and O–H groups in total. The van der Waals surface area contributed by atoms with Gasteiger partial charge in [-0.2, -0.15) is 0 Å². The van der Waals surface area contributed by atoms with Gasteiger partial charge >= 0.3 is 5.63 Å². The molecule has 0 saturated heterocycles. The summed E-state index contributed by atoms with van der Waals surface area (Å²) >= 11 is 0. The van der Waals surface area contributed by atoms with Crippen molar-refractivity contribution >= 4 is 11.0 Å². The van der Waals surface area contributed by atoms with E-state index >= 15 is 0 Å². The molecule has 0 aliphatic rings. The average molecular weight is 232 g/mol. The summed E-state index contributed by atoms with van der Waals surface area (Å²) in [5.41, 5.74) is 2.16. The van der Waals surface area contributed by atoms with Crippen LogP contribution >= 0.6 is 0 Å². The van der Waals surface area contributed by atoms with Crippen molar-refractivity contribution in [1.29, 1.82) is 0 Å². The van der Waals surface area contributed by atoms with Gasteiger partial charge in [0.05, 0.1) is 7.11 Å². The van der Waals surface area contributed by atoms with Crippen LogP contribution in [0.5, 0.6) is 5.75 Å². The van der Waals surface area contributed by atoms with Gasteiger partial charge in [-0.15, -0.1) is 0 Å². The van der Waals surface area contributed by atoms with Crippen molar-refractivity contribution in [2.24, 2.45) is 0 Å². The first-order chi connectivity index (χ1) is 8.17. The van der Waals surface area contributed by atoms with E-state index in [0.717, 1.165) is 29.4 Å². The third-order valence-electron chi connectivity index (χ3n) is 2.99. The molecule has 0 spiro atoms. The molecule has 1 aromatic carbocycles. The summed E-state index contributed by atoms with van der Waals surface area (Å²) in [6.07, 6.45) is 1.70. The Hall–Kier alpha value is -1.77. The van der Waals surface area contributed by atoms with E-state index in [1.54, 1.807) is 13.2 Å². The molecule has 0 fully saturated rings. The summed E-state index contributed by atoms with van der Waals surface area (Å²) in [6.45, 7) is 4.02. The lowest BCUT2D eigenvalue weighted by Gasteiger charge is -2.07. The maximum atomic E-state index is 11.8. The predicted octanol–water partition coefficient (Wildman–Crippen LogP) is 3.06. The molecule has 1 aromatic heterocycles. The molecule has 0 unspecified atom stereocenters. The number of hydrogen-bond donors (Lipinski definition) is 0. The van der Waals surface area contributed by atoms with Gasteiger partial charge in [-0.1, -0.05) is 13.3 Å². The molecule has 0 radical (unpaired) electrons. The van der Waals surface area contributed by atoms with Crippen LogP contribution in [-0.2, 0) is 6.42 Å². The molecular formula is C14H16O3. The zero-order valence-electron chi connectivity index (χ0n) is 10.4. The van der Waals surface area contributed by atoms with Gasteiger partial charge < -0.3 is 9.15 Å². The van der Waals surface area contributed by atoms with Crippen LogP contribution in [0.4, 0.5) is 0 Å². The van der Waals surface area contributed by atoms with Gasteiger partial charge in [0.1, 0.15) is 11.3 Å². The van der Waals surface area contributed by atoms with Crippen molar-refractivity contribution in [3.05, 3.63) is 39.7 Å². The molecule has 0 bridgehead atoms. The smallest absolute Gasteiger partial charge is 0.339 e. The number of ether oxygens (including phenoxy) is 1. The van der Waals surface area contributed by atoms with Crippen molar-refractivity contribution < 1.29 is 9.15 Å². The Morgan fingerprint density at radius 3 is 2.76 bits per heavy atom. The summed E-state index contributed by atoms with van der Waals surface area (Å²) in [5, 5.41) is 0.980. The lowest BCUT2D eigenvalue weighted by atomic mass is 10.0. The minimum Gasteiger partial charge on any atom is -0.497 e. The highest BCUT2D eigenvalue weighted by Gasteiger charge is 2.10. The molecule has 0 amide bonds. The van der Waals surface area contributed by atoms with Crippen LogP contribution in [0.25, 0.3) is 11.0 Å². The van der Waals surface area contributed by atoms with E-state index < -0.39 is 0 Å². The van der Waals surface area contributed by atoms with Crippen LogP contribution < -0.4 is 10.4 Å². The minimum absolute atomic E-state index is 0.231. The molecule has 3 heteroatoms. The first-order valence-corrected chi connectivity index (χ1v) is 5.77. The third kappa shape index (κ3) is 2.05. The molecule has 0 aliphatic carbocycles. The molecular weight excluding hydrogens is 216 g/mol. The van der Waals surface area contributed by atoms with Gasteiger partial charge in [-0.05, 0) is 31.0 Å². The van der Waals surface area contributed by atoms with Crippen LogP contribution in [0.1, 0.15) is 24.5 Å². The van der Waals surface area contributed by atoms with Crippen LogP contribution in [0.15, 0.2) is 27.4 Å². The van der Waals surface area contributed by atoms with Gasteiger partial charge in [0, 0.05) is 17.0 Å². The normalized spacial score (nSPS) is 10.8. The summed E-state index contributed by atoms with van der Waals surface area (Å²) in [7, 11) is 1.59. The van der Waals surface area contributed by atoms with E-state index in [4.69, 9.17) is 9.15 Å². The highest BCUT2D eigenvalue weighted by molar-refractivity contribution is 5.82. The Morgan fingerprint density at radius 2 is 2.12 bits per heavy atom. The number of rotatable bonds is 3. The molecule has 0 saturated carbocycles. The Bertz CT molecular complexity index is 596. The second kappa shape index (κ2) is 4.62. The molecule has 0 atom stereocenters. The maximum absolute atomic E-state index is 11.8. The van der Waals surface area contributed by atoms with Crippen LogP contribution in [0, 0.1) is 6.92 Å². The van der Waals surface area contributed by atoms with E-state index in [9.17, 15) is 4.79 Å². The van der Waals surface area contributed by atoms with Crippen LogP contribution in [0.2, 0.25) is 0 Å². The van der Waals surface area contributed by atoms with Crippen LogP contribution in [0.3, 0.4) is 0 Å². The molecule has 90 valence electrons. The number of hydrogen-bond acceptors (Lipinski definition) is 3. The van der Waals surface area contributed by atoms with E-state index in [-0.39, 0.29) is 5.63 Å². The van der Waals surface area contributed by atoms with E-state index in [0.29, 0.717) is 11.3 Å². The Balaban J connectivity index is 2.72. The Morgan fingerprint density at radius 1 is 1.35 bits per heavy atom. The van der Waals surface area contributed by atoms with Crippen molar-refractivity contribution in [2.75, 3.05) is 7.11 Å². The summed E-state index contributed by atoms with van der Waals surface area (Å²) in [6, 6.07) is 5.57. The van der Waals surface area contributed by atoms with Crippen LogP contribution in [-0.4, -0.2) is 7.11 Å². The monoisotopic (exact) mass is 232 g/mol. The number of fused-ring (bicyclic) bond motifs is 1. The zero-order valence-corrected chi connectivity index (χ0v) is 10.4. The topological polar surface area (TPSA) is 39.4 Å². The van der Waals surface area contributed by atoms with Gasteiger partial charge in [-0.3, -0.25) is 0 Å². The second-order valence-corrected chi connectivity index (χ2v) is 4.11. The van der Waals surface area contributed by atoms with Gasteiger partial charge in [0.2, 0.25) is 0 Å². The Labute approximate surface area is 100 Å². The standard InChI is InChI=1S/C14H16O3/c1-4-5-12-9(2)11-7-6-10(16-3)8-13(11)17-14(12)15/h6-8H,4-5H2,1-3H3. The third-order valence-corrected chi connectivity index (χ3v) is 2.99. The van der Waals surface area contributed by atoms with E-state index in [1.807, 2.05) is 19.1 Å². The average Bonchev–Trinajstić information content (AvgIpc) is 2.33. The highest BCUT2D eigenvalue weighted by atomic mass is 16.5. The molecule has 2 rings (SSSR count). The first-order valence-electron chi connectivity index (χ1n) is 5.77. The lowest BCUT2D eigenvalue weighted by Crippen LogP contribution is -2.09. The fourth-order valence-corrected chi connectivity index (χ4v) is 2.04. The van der Waals surface area contributed by atoms with Crippen molar-refractivity contribution in [3.63, 3.8) is 0 Å². The molecule has 2 aromatic rings. The lowest BCUT2D eigenvalue weighted by molar-refractivity contribution is 0.414. The van der Waals surface area contributed by atoms with Crippen molar-refractivity contribution in [2.45, 2.75) is 26.7 Å². The quantitative estimate of drug-likeness (QED) is 0.763. The summed E-state index contributed by atoms with van der Waals surface area (Å²) in [5.74, 6) is 0.697.